The molecule has 0 saturated heterocycles. The zero-order valence-corrected chi connectivity index (χ0v) is 27.1. The standard InChI is InChI=1S/C47H30N2O/c1-2-10-31(11-3-1)32-18-23-36(24-19-32)49(38-29-45-43-27-22-33-12-4-7-15-40(33)46(43)50-47(45)48-30-38)37-25-20-34(21-26-37)44-28-35-13-5-6-14-39(35)41-16-8-9-17-42(41)44/h1-30H. The molecule has 0 unspecified atom stereocenters. The third-order valence-corrected chi connectivity index (χ3v) is 9.90. The number of pyridine rings is 1. The van der Waals surface area contributed by atoms with Gasteiger partial charge in [0.25, 0.3) is 0 Å². The molecule has 0 spiro atoms. The van der Waals surface area contributed by atoms with Gasteiger partial charge < -0.3 is 9.32 Å². The van der Waals surface area contributed by atoms with Gasteiger partial charge in [0.2, 0.25) is 5.71 Å². The minimum absolute atomic E-state index is 0.637. The van der Waals surface area contributed by atoms with Crippen LogP contribution in [-0.4, -0.2) is 4.98 Å². The van der Waals surface area contributed by atoms with E-state index < -0.39 is 0 Å². The van der Waals surface area contributed by atoms with Gasteiger partial charge in [0.05, 0.1) is 17.3 Å². The second kappa shape index (κ2) is 11.5. The lowest BCUT2D eigenvalue weighted by molar-refractivity contribution is 0.657. The molecular weight excluding hydrogens is 609 g/mol. The third kappa shape index (κ3) is 4.63. The van der Waals surface area contributed by atoms with E-state index in [4.69, 9.17) is 9.40 Å². The van der Waals surface area contributed by atoms with Crippen molar-refractivity contribution in [3.63, 3.8) is 0 Å². The molecular formula is C47H30N2O. The van der Waals surface area contributed by atoms with Crippen LogP contribution >= 0.6 is 0 Å². The molecule has 0 bridgehead atoms. The van der Waals surface area contributed by atoms with Crippen LogP contribution in [0.15, 0.2) is 187 Å². The van der Waals surface area contributed by atoms with Crippen molar-refractivity contribution in [1.29, 1.82) is 0 Å². The maximum absolute atomic E-state index is 6.38. The van der Waals surface area contributed by atoms with Crippen molar-refractivity contribution in [2.75, 3.05) is 4.90 Å². The first kappa shape index (κ1) is 28.3. The second-order valence-corrected chi connectivity index (χ2v) is 12.8. The first-order chi connectivity index (χ1) is 24.8. The molecule has 0 fully saturated rings. The molecule has 0 radical (unpaired) electrons. The van der Waals surface area contributed by atoms with Crippen molar-refractivity contribution in [2.24, 2.45) is 0 Å². The van der Waals surface area contributed by atoms with Gasteiger partial charge in [-0.1, -0.05) is 133 Å². The van der Waals surface area contributed by atoms with Gasteiger partial charge in [-0.15, -0.1) is 0 Å². The molecule has 0 atom stereocenters. The molecule has 0 aliphatic heterocycles. The predicted molar refractivity (Wildman–Crippen MR) is 210 cm³/mol. The summed E-state index contributed by atoms with van der Waals surface area (Å²) in [6.07, 6.45) is 1.92. The minimum Gasteiger partial charge on any atom is -0.437 e. The average molecular weight is 639 g/mol. The fourth-order valence-electron chi connectivity index (χ4n) is 7.46. The van der Waals surface area contributed by atoms with Gasteiger partial charge in [-0.05, 0) is 91.6 Å². The molecule has 50 heavy (non-hydrogen) atoms. The Morgan fingerprint density at radius 3 is 1.74 bits per heavy atom. The van der Waals surface area contributed by atoms with Crippen LogP contribution in [0.1, 0.15) is 0 Å². The first-order valence-corrected chi connectivity index (χ1v) is 17.0. The monoisotopic (exact) mass is 638 g/mol. The fourth-order valence-corrected chi connectivity index (χ4v) is 7.46. The van der Waals surface area contributed by atoms with Crippen LogP contribution in [0.5, 0.6) is 0 Å². The van der Waals surface area contributed by atoms with Crippen LogP contribution < -0.4 is 4.90 Å². The second-order valence-electron chi connectivity index (χ2n) is 12.8. The zero-order valence-electron chi connectivity index (χ0n) is 27.1. The lowest BCUT2D eigenvalue weighted by Crippen LogP contribution is -2.10. The highest BCUT2D eigenvalue weighted by molar-refractivity contribution is 6.15. The van der Waals surface area contributed by atoms with Crippen LogP contribution in [0.3, 0.4) is 0 Å². The highest BCUT2D eigenvalue weighted by atomic mass is 16.3. The van der Waals surface area contributed by atoms with E-state index >= 15 is 0 Å². The number of fused-ring (bicyclic) bond motifs is 8. The largest absolute Gasteiger partial charge is 0.437 e. The molecule has 2 heterocycles. The number of rotatable bonds is 5. The Labute approximate surface area is 289 Å². The molecule has 3 heteroatoms. The van der Waals surface area contributed by atoms with Gasteiger partial charge >= 0.3 is 0 Å². The lowest BCUT2D eigenvalue weighted by Gasteiger charge is -2.25. The van der Waals surface area contributed by atoms with E-state index in [1.165, 1.54) is 43.8 Å². The molecule has 10 aromatic rings. The molecule has 0 amide bonds. The summed E-state index contributed by atoms with van der Waals surface area (Å²) in [4.78, 5) is 7.16. The molecule has 0 N–H and O–H groups in total. The maximum Gasteiger partial charge on any atom is 0.227 e. The highest BCUT2D eigenvalue weighted by Gasteiger charge is 2.18. The molecule has 0 aliphatic rings. The number of nitrogens with zero attached hydrogens (tertiary/aromatic N) is 2. The Balaban J connectivity index is 1.12. The van der Waals surface area contributed by atoms with E-state index in [-0.39, 0.29) is 0 Å². The van der Waals surface area contributed by atoms with Gasteiger partial charge in [0.1, 0.15) is 5.58 Å². The van der Waals surface area contributed by atoms with Crippen molar-refractivity contribution in [2.45, 2.75) is 0 Å². The van der Waals surface area contributed by atoms with Crippen molar-refractivity contribution >= 4 is 71.4 Å². The Bertz CT molecular complexity index is 2850. The summed E-state index contributed by atoms with van der Waals surface area (Å²) in [7, 11) is 0. The van der Waals surface area contributed by atoms with Gasteiger partial charge in [0, 0.05) is 22.1 Å². The van der Waals surface area contributed by atoms with Crippen LogP contribution in [0.25, 0.3) is 76.6 Å². The van der Waals surface area contributed by atoms with Crippen molar-refractivity contribution in [3.05, 3.63) is 182 Å². The number of hydrogen-bond acceptors (Lipinski definition) is 3. The van der Waals surface area contributed by atoms with E-state index in [2.05, 4.69) is 181 Å². The van der Waals surface area contributed by atoms with Crippen LogP contribution in [-0.2, 0) is 0 Å². The molecule has 2 aromatic heterocycles. The Morgan fingerprint density at radius 1 is 0.380 bits per heavy atom. The molecule has 3 nitrogen and oxygen atoms in total. The number of hydrogen-bond donors (Lipinski definition) is 0. The highest BCUT2D eigenvalue weighted by Crippen LogP contribution is 2.41. The molecule has 234 valence electrons. The molecule has 8 aromatic carbocycles. The van der Waals surface area contributed by atoms with Crippen molar-refractivity contribution < 1.29 is 4.42 Å². The molecule has 10 rings (SSSR count). The topological polar surface area (TPSA) is 29.3 Å². The van der Waals surface area contributed by atoms with Crippen LogP contribution in [0, 0.1) is 0 Å². The van der Waals surface area contributed by atoms with Crippen molar-refractivity contribution in [3.8, 4) is 22.3 Å². The minimum atomic E-state index is 0.637. The quantitative estimate of drug-likeness (QED) is 0.176. The number of furan rings is 1. The van der Waals surface area contributed by atoms with Gasteiger partial charge in [-0.2, -0.15) is 0 Å². The van der Waals surface area contributed by atoms with E-state index in [9.17, 15) is 0 Å². The normalized spacial score (nSPS) is 11.6. The summed E-state index contributed by atoms with van der Waals surface area (Å²) in [5.74, 6) is 0. The summed E-state index contributed by atoms with van der Waals surface area (Å²) in [5, 5.41) is 9.33. The summed E-state index contributed by atoms with van der Waals surface area (Å²) in [6, 6.07) is 62.7. The average Bonchev–Trinajstić information content (AvgIpc) is 3.57. The van der Waals surface area contributed by atoms with E-state index in [1.807, 2.05) is 6.20 Å². The summed E-state index contributed by atoms with van der Waals surface area (Å²) >= 11 is 0. The van der Waals surface area contributed by atoms with E-state index in [1.54, 1.807) is 0 Å². The Morgan fingerprint density at radius 2 is 0.980 bits per heavy atom. The number of aromatic nitrogens is 1. The first-order valence-electron chi connectivity index (χ1n) is 17.0. The summed E-state index contributed by atoms with van der Waals surface area (Å²) in [6.45, 7) is 0. The smallest absolute Gasteiger partial charge is 0.227 e. The van der Waals surface area contributed by atoms with E-state index in [0.717, 1.165) is 44.2 Å². The van der Waals surface area contributed by atoms with Gasteiger partial charge in [-0.25, -0.2) is 4.98 Å². The van der Waals surface area contributed by atoms with Crippen LogP contribution in [0.4, 0.5) is 17.1 Å². The summed E-state index contributed by atoms with van der Waals surface area (Å²) < 4.78 is 6.38. The Kier molecular flexibility index (Phi) is 6.49. The zero-order chi connectivity index (χ0) is 33.0. The van der Waals surface area contributed by atoms with Crippen LogP contribution in [0.2, 0.25) is 0 Å². The SMILES string of the molecule is c1ccc(-c2ccc(N(c3ccc(-c4cc5ccccc5c5ccccc45)cc3)c3cnc4oc5c6ccccc6ccc5c4c3)cc2)cc1. The number of benzene rings is 8. The Hall–Kier alpha value is -6.71. The fraction of sp³-hybridized carbons (Fsp3) is 0. The molecule has 0 aliphatic carbocycles. The van der Waals surface area contributed by atoms with E-state index in [0.29, 0.717) is 5.71 Å². The maximum atomic E-state index is 6.38. The molecule has 0 saturated carbocycles. The number of anilines is 3. The lowest BCUT2D eigenvalue weighted by atomic mass is 9.93. The van der Waals surface area contributed by atoms with Gasteiger partial charge in [0.15, 0.2) is 0 Å². The summed E-state index contributed by atoms with van der Waals surface area (Å²) in [5.41, 5.74) is 9.34. The third-order valence-electron chi connectivity index (χ3n) is 9.90. The predicted octanol–water partition coefficient (Wildman–Crippen LogP) is 13.2. The van der Waals surface area contributed by atoms with Gasteiger partial charge in [-0.3, -0.25) is 0 Å². The van der Waals surface area contributed by atoms with Crippen molar-refractivity contribution in [1.82, 2.24) is 4.98 Å².